The van der Waals surface area contributed by atoms with Gasteiger partial charge in [-0.3, -0.25) is 4.79 Å². The van der Waals surface area contributed by atoms with Crippen molar-refractivity contribution in [3.8, 4) is 0 Å². The second-order valence-electron chi connectivity index (χ2n) is 4.57. The van der Waals surface area contributed by atoms with Gasteiger partial charge in [-0.15, -0.1) is 11.3 Å². The Morgan fingerprint density at radius 3 is 2.75 bits per heavy atom. The second kappa shape index (κ2) is 3.89. The number of aromatic nitrogens is 2. The maximum atomic E-state index is 12.2. The molecule has 0 atom stereocenters. The lowest BCUT2D eigenvalue weighted by molar-refractivity contribution is 0.0860. The van der Waals surface area contributed by atoms with Crippen molar-refractivity contribution < 1.29 is 4.79 Å². The molecule has 0 amide bonds. The Bertz CT molecular complexity index is 557. The molecular weight excluding hydrogens is 288 g/mol. The highest BCUT2D eigenvalue weighted by atomic mass is 79.9. The van der Waals surface area contributed by atoms with Crippen LogP contribution in [0.4, 0.5) is 0 Å². The summed E-state index contributed by atoms with van der Waals surface area (Å²) < 4.78 is 0.654. The molecule has 0 saturated heterocycles. The van der Waals surface area contributed by atoms with Gasteiger partial charge >= 0.3 is 0 Å². The lowest BCUT2D eigenvalue weighted by Crippen LogP contribution is -2.19. The third-order valence-corrected chi connectivity index (χ3v) is 3.44. The quantitative estimate of drug-likeness (QED) is 0.754. The Kier molecular flexibility index (Phi) is 2.84. The van der Waals surface area contributed by atoms with E-state index in [4.69, 9.17) is 0 Å². The standard InChI is InChI=1S/C11H11BrN2OS/c1-11(2,3)9(15)6-5-16-10-8(6)14-7(12)4-13-10/h4-5H,1-3H3. The van der Waals surface area contributed by atoms with Crippen molar-refractivity contribution in [1.82, 2.24) is 9.97 Å². The molecule has 2 rings (SSSR count). The van der Waals surface area contributed by atoms with Crippen LogP contribution in [0.25, 0.3) is 10.3 Å². The zero-order valence-electron chi connectivity index (χ0n) is 9.24. The molecule has 0 fully saturated rings. The summed E-state index contributed by atoms with van der Waals surface area (Å²) in [6.07, 6.45) is 1.64. The van der Waals surface area contributed by atoms with Gasteiger partial charge in [-0.2, -0.15) is 0 Å². The molecule has 5 heteroatoms. The zero-order chi connectivity index (χ0) is 11.9. The molecule has 0 saturated carbocycles. The number of carbonyl (C=O) groups is 1. The SMILES string of the molecule is CC(C)(C)C(=O)c1csc2ncc(Br)nc12. The summed E-state index contributed by atoms with van der Waals surface area (Å²) in [5.41, 5.74) is 0.971. The van der Waals surface area contributed by atoms with Crippen molar-refractivity contribution in [2.75, 3.05) is 0 Å². The van der Waals surface area contributed by atoms with Crippen LogP contribution in [-0.4, -0.2) is 15.8 Å². The van der Waals surface area contributed by atoms with Crippen molar-refractivity contribution in [2.24, 2.45) is 5.41 Å². The van der Waals surface area contributed by atoms with Gasteiger partial charge in [-0.25, -0.2) is 9.97 Å². The van der Waals surface area contributed by atoms with E-state index in [0.29, 0.717) is 15.7 Å². The van der Waals surface area contributed by atoms with Crippen LogP contribution >= 0.6 is 27.3 Å². The predicted octanol–water partition coefficient (Wildman–Crippen LogP) is 3.68. The number of rotatable bonds is 1. The van der Waals surface area contributed by atoms with E-state index in [2.05, 4.69) is 25.9 Å². The first-order valence-corrected chi connectivity index (χ1v) is 6.51. The Morgan fingerprint density at radius 1 is 1.44 bits per heavy atom. The molecule has 0 aliphatic carbocycles. The third kappa shape index (κ3) is 2.01. The molecule has 2 aromatic heterocycles. The van der Waals surface area contributed by atoms with E-state index in [0.717, 1.165) is 4.83 Å². The van der Waals surface area contributed by atoms with Crippen LogP contribution in [0.1, 0.15) is 31.1 Å². The van der Waals surface area contributed by atoms with Gasteiger partial charge in [0.05, 0.1) is 11.8 Å². The topological polar surface area (TPSA) is 42.9 Å². The minimum atomic E-state index is -0.391. The Balaban J connectivity index is 2.62. The van der Waals surface area contributed by atoms with E-state index >= 15 is 0 Å². The first-order valence-electron chi connectivity index (χ1n) is 4.84. The maximum Gasteiger partial charge on any atom is 0.171 e. The number of ketones is 1. The largest absolute Gasteiger partial charge is 0.293 e. The average Bonchev–Trinajstić information content (AvgIpc) is 2.57. The molecule has 0 bridgehead atoms. The summed E-state index contributed by atoms with van der Waals surface area (Å²) in [5.74, 6) is 0.103. The number of halogens is 1. The number of carbonyl (C=O) groups excluding carboxylic acids is 1. The highest BCUT2D eigenvalue weighted by Crippen LogP contribution is 2.29. The van der Waals surface area contributed by atoms with E-state index in [1.807, 2.05) is 26.2 Å². The van der Waals surface area contributed by atoms with E-state index in [1.165, 1.54) is 11.3 Å². The Hall–Kier alpha value is -0.810. The summed E-state index contributed by atoms with van der Waals surface area (Å²) in [7, 11) is 0. The van der Waals surface area contributed by atoms with Gasteiger partial charge in [0, 0.05) is 10.8 Å². The summed E-state index contributed by atoms with van der Waals surface area (Å²) >= 11 is 4.72. The Morgan fingerprint density at radius 2 is 2.12 bits per heavy atom. The zero-order valence-corrected chi connectivity index (χ0v) is 11.6. The van der Waals surface area contributed by atoms with Crippen LogP contribution in [0.2, 0.25) is 0 Å². The van der Waals surface area contributed by atoms with E-state index in [9.17, 15) is 4.79 Å². The van der Waals surface area contributed by atoms with Crippen LogP contribution in [0.15, 0.2) is 16.2 Å². The molecular formula is C11H11BrN2OS. The fourth-order valence-electron chi connectivity index (χ4n) is 1.35. The molecule has 84 valence electrons. The summed E-state index contributed by atoms with van der Waals surface area (Å²) in [6.45, 7) is 5.72. The lowest BCUT2D eigenvalue weighted by Gasteiger charge is -2.15. The molecule has 0 aromatic carbocycles. The van der Waals surface area contributed by atoms with Gasteiger partial charge in [0.1, 0.15) is 15.0 Å². The number of nitrogens with zero attached hydrogens (tertiary/aromatic N) is 2. The van der Waals surface area contributed by atoms with Gasteiger partial charge in [-0.1, -0.05) is 20.8 Å². The van der Waals surface area contributed by atoms with Crippen LogP contribution < -0.4 is 0 Å². The normalized spacial score (nSPS) is 12.0. The van der Waals surface area contributed by atoms with E-state index in [-0.39, 0.29) is 5.78 Å². The number of thiophene rings is 1. The lowest BCUT2D eigenvalue weighted by atomic mass is 9.87. The summed E-state index contributed by atoms with van der Waals surface area (Å²) in [5, 5.41) is 1.84. The maximum absolute atomic E-state index is 12.2. The van der Waals surface area contributed by atoms with E-state index in [1.54, 1.807) is 6.20 Å². The van der Waals surface area contributed by atoms with Crippen LogP contribution in [0.5, 0.6) is 0 Å². The fraction of sp³-hybridized carbons (Fsp3) is 0.364. The highest BCUT2D eigenvalue weighted by molar-refractivity contribution is 9.10. The first kappa shape index (κ1) is 11.7. The fourth-order valence-corrected chi connectivity index (χ4v) is 2.46. The molecule has 0 spiro atoms. The molecule has 16 heavy (non-hydrogen) atoms. The van der Waals surface area contributed by atoms with Crippen molar-refractivity contribution in [3.63, 3.8) is 0 Å². The minimum absolute atomic E-state index is 0.103. The van der Waals surface area contributed by atoms with Gasteiger partial charge < -0.3 is 0 Å². The van der Waals surface area contributed by atoms with Gasteiger partial charge in [-0.05, 0) is 15.9 Å². The number of hydrogen-bond acceptors (Lipinski definition) is 4. The molecule has 0 unspecified atom stereocenters. The molecule has 2 aromatic rings. The van der Waals surface area contributed by atoms with Crippen molar-refractivity contribution in [1.29, 1.82) is 0 Å². The predicted molar refractivity (Wildman–Crippen MR) is 68.9 cm³/mol. The smallest absolute Gasteiger partial charge is 0.171 e. The third-order valence-electron chi connectivity index (χ3n) is 2.18. The number of hydrogen-bond donors (Lipinski definition) is 0. The highest BCUT2D eigenvalue weighted by Gasteiger charge is 2.26. The van der Waals surface area contributed by atoms with Gasteiger partial charge in [0.2, 0.25) is 0 Å². The number of fused-ring (bicyclic) bond motifs is 1. The molecule has 3 nitrogen and oxygen atoms in total. The van der Waals surface area contributed by atoms with E-state index < -0.39 is 5.41 Å². The van der Waals surface area contributed by atoms with Crippen molar-refractivity contribution >= 4 is 43.4 Å². The first-order chi connectivity index (χ1) is 7.39. The monoisotopic (exact) mass is 298 g/mol. The number of Topliss-reactive ketones (excluding diaryl/α,β-unsaturated/α-hetero) is 1. The summed E-state index contributed by atoms with van der Waals surface area (Å²) in [4.78, 5) is 21.5. The van der Waals surface area contributed by atoms with Gasteiger partial charge in [0.25, 0.3) is 0 Å². The minimum Gasteiger partial charge on any atom is -0.293 e. The van der Waals surface area contributed by atoms with Crippen LogP contribution in [0.3, 0.4) is 0 Å². The van der Waals surface area contributed by atoms with Crippen LogP contribution in [0, 0.1) is 5.41 Å². The van der Waals surface area contributed by atoms with Crippen molar-refractivity contribution in [3.05, 3.63) is 21.7 Å². The van der Waals surface area contributed by atoms with Crippen LogP contribution in [-0.2, 0) is 0 Å². The van der Waals surface area contributed by atoms with Crippen molar-refractivity contribution in [2.45, 2.75) is 20.8 Å². The Labute approximate surface area is 106 Å². The molecule has 0 aliphatic heterocycles. The molecule has 0 N–H and O–H groups in total. The molecule has 0 radical (unpaired) electrons. The van der Waals surface area contributed by atoms with Gasteiger partial charge in [0.15, 0.2) is 5.78 Å². The molecule has 2 heterocycles. The average molecular weight is 299 g/mol. The summed E-state index contributed by atoms with van der Waals surface area (Å²) in [6, 6.07) is 0. The molecule has 0 aliphatic rings. The second-order valence-corrected chi connectivity index (χ2v) is 6.25.